The monoisotopic (exact) mass is 421 g/mol. The van der Waals surface area contributed by atoms with Crippen LogP contribution in [0, 0.1) is 0 Å². The van der Waals surface area contributed by atoms with Crippen LogP contribution < -0.4 is 15.0 Å². The molecule has 0 atom stereocenters. The second-order valence-corrected chi connectivity index (χ2v) is 7.61. The number of carbonyl (C=O) groups is 1. The Labute approximate surface area is 182 Å². The van der Waals surface area contributed by atoms with Crippen LogP contribution in [0.25, 0.3) is 16.9 Å². The molecule has 1 aliphatic rings. The molecule has 0 saturated carbocycles. The van der Waals surface area contributed by atoms with Crippen LogP contribution in [0.3, 0.4) is 0 Å². The summed E-state index contributed by atoms with van der Waals surface area (Å²) in [6, 6.07) is 19.3. The van der Waals surface area contributed by atoms with E-state index in [9.17, 15) is 4.79 Å². The molecule has 0 bridgehead atoms. The zero-order valence-corrected chi connectivity index (χ0v) is 17.8. The first-order valence-corrected chi connectivity index (χ1v) is 10.7. The Morgan fingerprint density at radius 2 is 1.87 bits per heavy atom. The average molecular weight is 422 g/mol. The van der Waals surface area contributed by atoms with Gasteiger partial charge >= 0.3 is 0 Å². The summed E-state index contributed by atoms with van der Waals surface area (Å²) in [4.78, 5) is 14.6. The Morgan fingerprint density at radius 1 is 1.13 bits per heavy atom. The van der Waals surface area contributed by atoms with E-state index in [1.54, 1.807) is 11.8 Å². The van der Waals surface area contributed by atoms with Gasteiger partial charge in [-0.3, -0.25) is 4.79 Å². The standard InChI is InChI=1S/C24H28N4O3/c1-30-21-10-8-19(9-11-21)22-18-23(28(26-22)20-6-3-2-4-7-20)24(29)25-12-5-13-27-14-16-31-17-15-27/h2-4,6-11,18H,5,12-17H2,1H3,(H,25,29)/p+1. The van der Waals surface area contributed by atoms with Crippen molar-refractivity contribution in [3.8, 4) is 22.7 Å². The van der Waals surface area contributed by atoms with Gasteiger partial charge in [0.1, 0.15) is 24.5 Å². The van der Waals surface area contributed by atoms with Crippen molar-refractivity contribution in [3.63, 3.8) is 0 Å². The zero-order valence-electron chi connectivity index (χ0n) is 17.8. The van der Waals surface area contributed by atoms with Crippen LogP contribution in [-0.4, -0.2) is 62.2 Å². The van der Waals surface area contributed by atoms with Crippen LogP contribution in [0.1, 0.15) is 16.9 Å². The quantitative estimate of drug-likeness (QED) is 0.542. The van der Waals surface area contributed by atoms with Crippen molar-refractivity contribution in [1.82, 2.24) is 15.1 Å². The Kier molecular flexibility index (Phi) is 6.96. The number of para-hydroxylation sites is 1. The summed E-state index contributed by atoms with van der Waals surface area (Å²) < 4.78 is 12.4. The van der Waals surface area contributed by atoms with Crippen LogP contribution in [0.5, 0.6) is 5.75 Å². The van der Waals surface area contributed by atoms with Gasteiger partial charge in [-0.05, 0) is 42.5 Å². The number of amides is 1. The molecule has 2 heterocycles. The number of ether oxygens (including phenoxy) is 2. The fourth-order valence-electron chi connectivity index (χ4n) is 3.75. The molecule has 31 heavy (non-hydrogen) atoms. The SMILES string of the molecule is COc1ccc(-c2cc(C(=O)NCCC[NH+]3CCOCC3)n(-c3ccccc3)n2)cc1. The van der Waals surface area contributed by atoms with Crippen LogP contribution >= 0.6 is 0 Å². The second-order valence-electron chi connectivity index (χ2n) is 7.61. The summed E-state index contributed by atoms with van der Waals surface area (Å²) in [7, 11) is 1.64. The Bertz CT molecular complexity index is 980. The summed E-state index contributed by atoms with van der Waals surface area (Å²) in [6.07, 6.45) is 0.936. The molecule has 0 aliphatic carbocycles. The molecule has 1 saturated heterocycles. The number of quaternary nitrogens is 1. The normalized spacial score (nSPS) is 14.4. The van der Waals surface area contributed by atoms with Crippen molar-refractivity contribution in [2.75, 3.05) is 46.5 Å². The summed E-state index contributed by atoms with van der Waals surface area (Å²) in [5, 5.41) is 7.79. The lowest BCUT2D eigenvalue weighted by Gasteiger charge is -2.23. The third-order valence-electron chi connectivity index (χ3n) is 5.52. The largest absolute Gasteiger partial charge is 0.497 e. The lowest BCUT2D eigenvalue weighted by Crippen LogP contribution is -3.14. The molecule has 1 aromatic heterocycles. The van der Waals surface area contributed by atoms with E-state index in [0.29, 0.717) is 12.2 Å². The Hall–Kier alpha value is -3.16. The molecule has 0 radical (unpaired) electrons. The number of carbonyl (C=O) groups excluding carboxylic acids is 1. The van der Waals surface area contributed by atoms with E-state index in [2.05, 4.69) is 5.32 Å². The molecule has 0 spiro atoms. The first-order valence-electron chi connectivity index (χ1n) is 10.7. The minimum atomic E-state index is -0.118. The van der Waals surface area contributed by atoms with E-state index in [-0.39, 0.29) is 5.91 Å². The molecule has 3 aromatic rings. The number of nitrogens with one attached hydrogen (secondary N) is 2. The maximum absolute atomic E-state index is 13.0. The van der Waals surface area contributed by atoms with Gasteiger partial charge in [0.05, 0.1) is 38.2 Å². The van der Waals surface area contributed by atoms with Crippen molar-refractivity contribution in [2.45, 2.75) is 6.42 Å². The molecule has 7 nitrogen and oxygen atoms in total. The molecule has 1 amide bonds. The molecule has 0 unspecified atom stereocenters. The zero-order chi connectivity index (χ0) is 21.5. The van der Waals surface area contributed by atoms with Crippen molar-refractivity contribution in [1.29, 1.82) is 0 Å². The summed E-state index contributed by atoms with van der Waals surface area (Å²) in [6.45, 7) is 5.41. The van der Waals surface area contributed by atoms with Crippen molar-refractivity contribution in [3.05, 3.63) is 66.4 Å². The number of rotatable bonds is 8. The first-order chi connectivity index (χ1) is 15.2. The molecule has 2 N–H and O–H groups in total. The van der Waals surface area contributed by atoms with Gasteiger partial charge in [-0.1, -0.05) is 18.2 Å². The topological polar surface area (TPSA) is 69.8 Å². The van der Waals surface area contributed by atoms with Gasteiger partial charge in [-0.2, -0.15) is 5.10 Å². The molecule has 162 valence electrons. The van der Waals surface area contributed by atoms with Crippen LogP contribution in [0.4, 0.5) is 0 Å². The van der Waals surface area contributed by atoms with Gasteiger partial charge in [0, 0.05) is 18.5 Å². The Balaban J connectivity index is 1.49. The lowest BCUT2D eigenvalue weighted by molar-refractivity contribution is -0.908. The number of hydrogen-bond acceptors (Lipinski definition) is 4. The van der Waals surface area contributed by atoms with E-state index in [0.717, 1.165) is 62.0 Å². The molecule has 4 rings (SSSR count). The maximum Gasteiger partial charge on any atom is 0.270 e. The van der Waals surface area contributed by atoms with Crippen LogP contribution in [0.15, 0.2) is 60.7 Å². The average Bonchev–Trinajstić information content (AvgIpc) is 3.29. The summed E-state index contributed by atoms with van der Waals surface area (Å²) >= 11 is 0. The minimum absolute atomic E-state index is 0.118. The molecule has 7 heteroatoms. The minimum Gasteiger partial charge on any atom is -0.497 e. The van der Waals surface area contributed by atoms with Gasteiger partial charge in [0.15, 0.2) is 0 Å². The molecule has 2 aromatic carbocycles. The first kappa shape index (κ1) is 21.1. The molecule has 1 aliphatic heterocycles. The molecular weight excluding hydrogens is 392 g/mol. The number of methoxy groups -OCH3 is 1. The summed E-state index contributed by atoms with van der Waals surface area (Å²) in [5.41, 5.74) is 3.05. The van der Waals surface area contributed by atoms with E-state index in [1.165, 1.54) is 4.90 Å². The highest BCUT2D eigenvalue weighted by Gasteiger charge is 2.18. The number of morpholine rings is 1. The van der Waals surface area contributed by atoms with Gasteiger partial charge in [-0.15, -0.1) is 0 Å². The van der Waals surface area contributed by atoms with Crippen molar-refractivity contribution >= 4 is 5.91 Å². The smallest absolute Gasteiger partial charge is 0.270 e. The number of benzene rings is 2. The van der Waals surface area contributed by atoms with E-state index in [4.69, 9.17) is 14.6 Å². The van der Waals surface area contributed by atoms with Gasteiger partial charge in [0.25, 0.3) is 5.91 Å². The van der Waals surface area contributed by atoms with Gasteiger partial charge in [-0.25, -0.2) is 4.68 Å². The highest BCUT2D eigenvalue weighted by molar-refractivity contribution is 5.94. The predicted octanol–water partition coefficient (Wildman–Crippen LogP) is 1.58. The summed E-state index contributed by atoms with van der Waals surface area (Å²) in [5.74, 6) is 0.666. The van der Waals surface area contributed by atoms with Gasteiger partial charge in [0.2, 0.25) is 0 Å². The molecule has 1 fully saturated rings. The fraction of sp³-hybridized carbons (Fsp3) is 0.333. The fourth-order valence-corrected chi connectivity index (χ4v) is 3.75. The number of hydrogen-bond donors (Lipinski definition) is 2. The molecular formula is C24H29N4O3+. The van der Waals surface area contributed by atoms with Crippen LogP contribution in [0.2, 0.25) is 0 Å². The van der Waals surface area contributed by atoms with Crippen LogP contribution in [-0.2, 0) is 4.74 Å². The highest BCUT2D eigenvalue weighted by atomic mass is 16.5. The maximum atomic E-state index is 13.0. The van der Waals surface area contributed by atoms with Crippen molar-refractivity contribution < 1.29 is 19.2 Å². The van der Waals surface area contributed by atoms with E-state index >= 15 is 0 Å². The lowest BCUT2D eigenvalue weighted by atomic mass is 10.1. The van der Waals surface area contributed by atoms with E-state index in [1.807, 2.05) is 60.7 Å². The van der Waals surface area contributed by atoms with Crippen molar-refractivity contribution in [2.24, 2.45) is 0 Å². The third-order valence-corrected chi connectivity index (χ3v) is 5.52. The number of aromatic nitrogens is 2. The second kappa shape index (κ2) is 10.2. The highest BCUT2D eigenvalue weighted by Crippen LogP contribution is 2.24. The number of nitrogens with zero attached hydrogens (tertiary/aromatic N) is 2. The Morgan fingerprint density at radius 3 is 2.58 bits per heavy atom. The van der Waals surface area contributed by atoms with E-state index < -0.39 is 0 Å². The third kappa shape index (κ3) is 5.31. The van der Waals surface area contributed by atoms with Gasteiger partial charge < -0.3 is 19.7 Å². The predicted molar refractivity (Wildman–Crippen MR) is 119 cm³/mol.